The highest BCUT2D eigenvalue weighted by Crippen LogP contribution is 2.19. The van der Waals surface area contributed by atoms with Crippen LogP contribution in [-0.4, -0.2) is 35.8 Å². The fourth-order valence-electron chi connectivity index (χ4n) is 0.348. The Kier molecular flexibility index (Phi) is 8.61. The van der Waals surface area contributed by atoms with Crippen LogP contribution in [0, 0.1) is 0 Å². The molecular weight excluding hydrogens is 203 g/mol. The van der Waals surface area contributed by atoms with Crippen molar-refractivity contribution in [3.8, 4) is 0 Å². The molecule has 0 saturated carbocycles. The lowest BCUT2D eigenvalue weighted by Crippen LogP contribution is -2.44. The van der Waals surface area contributed by atoms with Crippen LogP contribution < -0.4 is 10.9 Å². The Hall–Kier alpha value is -0.515. The smallest absolute Gasteiger partial charge is 0.111 e. The normalized spacial score (nSPS) is 14.9. The first-order valence-corrected chi connectivity index (χ1v) is 5.52. The first-order valence-electron chi connectivity index (χ1n) is 5.52. The van der Waals surface area contributed by atoms with Crippen LogP contribution in [0.5, 0.6) is 0 Å². The van der Waals surface area contributed by atoms with E-state index >= 15 is 0 Å². The third kappa shape index (κ3) is 8.77. The van der Waals surface area contributed by atoms with E-state index in [9.17, 15) is 0 Å². The summed E-state index contributed by atoms with van der Waals surface area (Å²) in [7, 11) is 5.27. The van der Waals surface area contributed by atoms with Gasteiger partial charge in [-0.1, -0.05) is 19.3 Å². The van der Waals surface area contributed by atoms with E-state index in [1.54, 1.807) is 33.9 Å². The molecule has 16 heavy (non-hydrogen) atoms. The maximum absolute atomic E-state index is 9.10. The Morgan fingerprint density at radius 1 is 1.12 bits per heavy atom. The van der Waals surface area contributed by atoms with Gasteiger partial charge in [-0.15, -0.1) is 0 Å². The molecule has 0 spiro atoms. The van der Waals surface area contributed by atoms with Gasteiger partial charge in [-0.25, -0.2) is 5.43 Å². The zero-order chi connectivity index (χ0) is 13.4. The Labute approximate surface area is 101 Å². The van der Waals surface area contributed by atoms with Gasteiger partial charge in [0, 0.05) is 12.7 Å². The molecule has 0 aromatic carbocycles. The van der Waals surface area contributed by atoms with Gasteiger partial charge in [0.05, 0.1) is 11.2 Å². The summed E-state index contributed by atoms with van der Waals surface area (Å²) < 4.78 is 0. The van der Waals surface area contributed by atoms with Crippen LogP contribution in [0.4, 0.5) is 0 Å². The van der Waals surface area contributed by atoms with Crippen molar-refractivity contribution in [1.82, 2.24) is 10.9 Å². The molecule has 0 bridgehead atoms. The summed E-state index contributed by atoms with van der Waals surface area (Å²) in [5.74, 6) is 0. The molecule has 4 N–H and O–H groups in total. The second-order valence-corrected chi connectivity index (χ2v) is 4.34. The van der Waals surface area contributed by atoms with E-state index in [2.05, 4.69) is 10.9 Å². The zero-order valence-electron chi connectivity index (χ0n) is 11.3. The molecule has 4 nitrogen and oxygen atoms in total. The van der Waals surface area contributed by atoms with Gasteiger partial charge in [-0.3, -0.25) is 0 Å². The van der Waals surface area contributed by atoms with Crippen molar-refractivity contribution < 1.29 is 10.2 Å². The monoisotopic (exact) mass is 228 g/mol. The average Bonchev–Trinajstić information content (AvgIpc) is 2.57. The van der Waals surface area contributed by atoms with Crippen molar-refractivity contribution in [2.45, 2.75) is 52.7 Å². The third-order valence-electron chi connectivity index (χ3n) is 2.15. The van der Waals surface area contributed by atoms with Crippen molar-refractivity contribution in [2.24, 2.45) is 0 Å². The van der Waals surface area contributed by atoms with Gasteiger partial charge < -0.3 is 15.6 Å². The van der Waals surface area contributed by atoms with E-state index in [1.165, 1.54) is 0 Å². The highest BCUT2D eigenvalue weighted by atomic mass is 16.3. The number of aliphatic hydroxyl groups is 2. The minimum Gasteiger partial charge on any atom is -0.387 e. The van der Waals surface area contributed by atoms with Gasteiger partial charge in [0.1, 0.15) is 7.85 Å². The minimum absolute atomic E-state index is 0.764. The molecule has 0 unspecified atom stereocenters. The Morgan fingerprint density at radius 2 is 1.50 bits per heavy atom. The topological polar surface area (TPSA) is 64.5 Å². The van der Waals surface area contributed by atoms with Crippen molar-refractivity contribution >= 4 is 7.85 Å². The number of rotatable bonds is 1. The fourth-order valence-corrected chi connectivity index (χ4v) is 0.348. The quantitative estimate of drug-likeness (QED) is 0.498. The van der Waals surface area contributed by atoms with Crippen molar-refractivity contribution in [2.75, 3.05) is 6.54 Å². The van der Waals surface area contributed by atoms with E-state index in [1.807, 2.05) is 13.8 Å². The van der Waals surface area contributed by atoms with Gasteiger partial charge in [-0.2, -0.15) is 0 Å². The van der Waals surface area contributed by atoms with Crippen molar-refractivity contribution in [3.63, 3.8) is 0 Å². The molecule has 0 aromatic rings. The van der Waals surface area contributed by atoms with E-state index < -0.39 is 11.2 Å². The molecule has 1 rings (SSSR count). The molecule has 5 heteroatoms. The highest BCUT2D eigenvalue weighted by molar-refractivity contribution is 6.22. The summed E-state index contributed by atoms with van der Waals surface area (Å²) in [5.41, 5.74) is 4.38. The SMILES string of the molecule is CC.CC(C)(O)C(C)(C)O.[B]C1=CNNC1. The minimum atomic E-state index is -1.01. The molecular formula is C11H25BN2O2. The standard InChI is InChI=1S/C6H14O2.C3H5BN2.C2H6/c1-5(2,7)6(3,4)8;4-3-1-5-6-2-3;1-2/h7-8H,1-4H3;1,5-6H,2H2;1-2H3. The first-order chi connectivity index (χ1) is 7.14. The van der Waals surface area contributed by atoms with Crippen molar-refractivity contribution in [3.05, 3.63) is 11.7 Å². The highest BCUT2D eigenvalue weighted by Gasteiger charge is 2.31. The Balaban J connectivity index is 0. The van der Waals surface area contributed by atoms with Crippen LogP contribution in [-0.2, 0) is 0 Å². The summed E-state index contributed by atoms with van der Waals surface area (Å²) >= 11 is 0. The van der Waals surface area contributed by atoms with Crippen molar-refractivity contribution in [1.29, 1.82) is 0 Å². The summed E-state index contributed by atoms with van der Waals surface area (Å²) in [6.07, 6.45) is 1.74. The largest absolute Gasteiger partial charge is 0.387 e. The fraction of sp³-hybridized carbons (Fsp3) is 0.818. The van der Waals surface area contributed by atoms with Gasteiger partial charge >= 0.3 is 0 Å². The summed E-state index contributed by atoms with van der Waals surface area (Å²) in [6, 6.07) is 0. The van der Waals surface area contributed by atoms with Crippen LogP contribution >= 0.6 is 0 Å². The van der Waals surface area contributed by atoms with E-state index in [-0.39, 0.29) is 0 Å². The molecule has 1 aliphatic rings. The molecule has 1 aliphatic heterocycles. The van der Waals surface area contributed by atoms with E-state index in [0.717, 1.165) is 12.0 Å². The number of hydrogen-bond donors (Lipinski definition) is 4. The number of hydrazine groups is 1. The lowest BCUT2D eigenvalue weighted by molar-refractivity contribution is -0.107. The summed E-state index contributed by atoms with van der Waals surface area (Å²) in [4.78, 5) is 0. The predicted octanol–water partition coefficient (Wildman–Crippen LogP) is 0.659. The van der Waals surface area contributed by atoms with Crippen LogP contribution in [0.25, 0.3) is 0 Å². The molecule has 94 valence electrons. The molecule has 0 aromatic heterocycles. The van der Waals surface area contributed by atoms with Gasteiger partial charge in [0.15, 0.2) is 0 Å². The summed E-state index contributed by atoms with van der Waals surface area (Å²) in [5, 5.41) is 18.2. The van der Waals surface area contributed by atoms with Gasteiger partial charge in [0.25, 0.3) is 0 Å². The molecule has 1 heterocycles. The second-order valence-electron chi connectivity index (χ2n) is 4.34. The second kappa shape index (κ2) is 7.71. The average molecular weight is 228 g/mol. The Bertz CT molecular complexity index is 193. The molecule has 0 aliphatic carbocycles. The zero-order valence-corrected chi connectivity index (χ0v) is 11.3. The number of nitrogens with one attached hydrogen (secondary N) is 2. The van der Waals surface area contributed by atoms with Crippen LogP contribution in [0.15, 0.2) is 11.7 Å². The molecule has 0 amide bonds. The molecule has 2 radical (unpaired) electrons. The van der Waals surface area contributed by atoms with Gasteiger partial charge in [0.2, 0.25) is 0 Å². The van der Waals surface area contributed by atoms with Crippen LogP contribution in [0.2, 0.25) is 0 Å². The van der Waals surface area contributed by atoms with E-state index in [4.69, 9.17) is 18.1 Å². The summed E-state index contributed by atoms with van der Waals surface area (Å²) in [6.45, 7) is 11.1. The van der Waals surface area contributed by atoms with Gasteiger partial charge in [-0.05, 0) is 27.7 Å². The maximum Gasteiger partial charge on any atom is 0.111 e. The third-order valence-corrected chi connectivity index (χ3v) is 2.15. The lowest BCUT2D eigenvalue weighted by atomic mass is 9.90. The van der Waals surface area contributed by atoms with Crippen LogP contribution in [0.3, 0.4) is 0 Å². The first kappa shape index (κ1) is 17.9. The molecule has 0 fully saturated rings. The Morgan fingerprint density at radius 3 is 1.56 bits per heavy atom. The lowest BCUT2D eigenvalue weighted by Gasteiger charge is -2.31. The number of hydrogen-bond acceptors (Lipinski definition) is 4. The maximum atomic E-state index is 9.10. The van der Waals surface area contributed by atoms with Crippen LogP contribution in [0.1, 0.15) is 41.5 Å². The van der Waals surface area contributed by atoms with E-state index in [0.29, 0.717) is 0 Å². The molecule has 0 atom stereocenters. The molecule has 0 saturated heterocycles. The predicted molar refractivity (Wildman–Crippen MR) is 68.9 cm³/mol.